The summed E-state index contributed by atoms with van der Waals surface area (Å²) < 4.78 is 0. The first-order valence-electron chi connectivity index (χ1n) is 12.7. The summed E-state index contributed by atoms with van der Waals surface area (Å²) in [7, 11) is 0. The Morgan fingerprint density at radius 3 is 2.05 bits per heavy atom. The van der Waals surface area contributed by atoms with Crippen molar-refractivity contribution in [3.63, 3.8) is 0 Å². The third kappa shape index (κ3) is 5.50. The van der Waals surface area contributed by atoms with E-state index >= 15 is 0 Å². The average Bonchev–Trinajstić information content (AvgIpc) is 3.14. The molecule has 5 rings (SSSR count). The fraction of sp³-hybridized carbons (Fsp3) is 0.161. The van der Waals surface area contributed by atoms with Crippen LogP contribution in [0.5, 0.6) is 0 Å². The van der Waals surface area contributed by atoms with Gasteiger partial charge in [-0.25, -0.2) is 4.79 Å². The molecule has 8 heteroatoms. The fourth-order valence-electron chi connectivity index (χ4n) is 4.75. The molecule has 1 atom stereocenters. The van der Waals surface area contributed by atoms with Crippen molar-refractivity contribution in [2.75, 3.05) is 15.5 Å². The number of benzene rings is 3. The van der Waals surface area contributed by atoms with E-state index in [1.165, 1.54) is 0 Å². The first-order valence-corrected chi connectivity index (χ1v) is 12.7. The summed E-state index contributed by atoms with van der Waals surface area (Å²) in [6.45, 7) is 4.11. The Kier molecular flexibility index (Phi) is 7.10. The maximum absolute atomic E-state index is 14.2. The summed E-state index contributed by atoms with van der Waals surface area (Å²) in [6, 6.07) is 26.8. The number of pyridine rings is 1. The van der Waals surface area contributed by atoms with Gasteiger partial charge < -0.3 is 20.9 Å². The molecule has 0 aliphatic carbocycles. The Morgan fingerprint density at radius 2 is 1.41 bits per heavy atom. The number of fused-ring (bicyclic) bond motifs is 1. The van der Waals surface area contributed by atoms with Crippen LogP contribution in [0.25, 0.3) is 0 Å². The largest absolute Gasteiger partial charge is 0.326 e. The molecule has 1 aliphatic rings. The molecule has 0 radical (unpaired) electrons. The zero-order chi connectivity index (χ0) is 27.4. The Balaban J connectivity index is 1.49. The lowest BCUT2D eigenvalue weighted by Crippen LogP contribution is -2.55. The number of amides is 4. The summed E-state index contributed by atoms with van der Waals surface area (Å²) in [5.41, 5.74) is 3.50. The van der Waals surface area contributed by atoms with Crippen LogP contribution in [0.2, 0.25) is 0 Å². The normalized spacial score (nSPS) is 15.9. The van der Waals surface area contributed by atoms with E-state index in [0.29, 0.717) is 28.3 Å². The predicted octanol–water partition coefficient (Wildman–Crippen LogP) is 5.29. The molecule has 1 aromatic heterocycles. The van der Waals surface area contributed by atoms with Crippen molar-refractivity contribution < 1.29 is 14.4 Å². The van der Waals surface area contributed by atoms with Gasteiger partial charge in [-0.1, -0.05) is 59.7 Å². The van der Waals surface area contributed by atoms with Gasteiger partial charge in [0.15, 0.2) is 5.54 Å². The topological polar surface area (TPSA) is 103 Å². The van der Waals surface area contributed by atoms with Gasteiger partial charge in [-0.15, -0.1) is 0 Å². The highest BCUT2D eigenvalue weighted by Gasteiger charge is 2.53. The molecule has 196 valence electrons. The predicted molar refractivity (Wildman–Crippen MR) is 151 cm³/mol. The SMILES string of the molecule is Cc1ccc(NC(=O)CC2(NC(=O)Nc3ccc(C)cc3)C(=O)N(Cc3ccccn3)c3ccccc32)cc1. The monoisotopic (exact) mass is 519 g/mol. The Labute approximate surface area is 227 Å². The number of rotatable bonds is 7. The van der Waals surface area contributed by atoms with Crippen molar-refractivity contribution in [3.8, 4) is 0 Å². The van der Waals surface area contributed by atoms with Crippen LogP contribution in [-0.4, -0.2) is 22.8 Å². The van der Waals surface area contributed by atoms with Crippen molar-refractivity contribution >= 4 is 34.9 Å². The van der Waals surface area contributed by atoms with E-state index in [9.17, 15) is 14.4 Å². The van der Waals surface area contributed by atoms with Crippen molar-refractivity contribution in [2.24, 2.45) is 0 Å². The lowest BCUT2D eigenvalue weighted by atomic mass is 9.87. The van der Waals surface area contributed by atoms with E-state index in [1.807, 2.05) is 62.4 Å². The highest BCUT2D eigenvalue weighted by atomic mass is 16.2. The van der Waals surface area contributed by atoms with Crippen LogP contribution >= 0.6 is 0 Å². The van der Waals surface area contributed by atoms with E-state index in [-0.39, 0.29) is 13.0 Å². The van der Waals surface area contributed by atoms with Crippen LogP contribution in [0.1, 0.15) is 28.8 Å². The zero-order valence-electron chi connectivity index (χ0n) is 21.8. The van der Waals surface area contributed by atoms with Crippen molar-refractivity contribution in [1.29, 1.82) is 0 Å². The number of hydrogen-bond donors (Lipinski definition) is 3. The number of carbonyl (C=O) groups excluding carboxylic acids is 3. The lowest BCUT2D eigenvalue weighted by Gasteiger charge is -2.29. The number of carbonyl (C=O) groups is 3. The van der Waals surface area contributed by atoms with Crippen LogP contribution in [-0.2, 0) is 21.7 Å². The van der Waals surface area contributed by atoms with E-state index < -0.39 is 23.4 Å². The maximum Gasteiger partial charge on any atom is 0.320 e. The molecule has 1 aliphatic heterocycles. The highest BCUT2D eigenvalue weighted by molar-refractivity contribution is 6.12. The quantitative estimate of drug-likeness (QED) is 0.309. The minimum atomic E-state index is -1.63. The number of urea groups is 1. The van der Waals surface area contributed by atoms with Gasteiger partial charge in [-0.2, -0.15) is 0 Å². The molecular weight excluding hydrogens is 490 g/mol. The third-order valence-corrected chi connectivity index (χ3v) is 6.71. The number of aromatic nitrogens is 1. The molecule has 3 aromatic carbocycles. The number of hydrogen-bond acceptors (Lipinski definition) is 4. The second kappa shape index (κ2) is 10.8. The summed E-state index contributed by atoms with van der Waals surface area (Å²) in [5.74, 6) is -0.815. The molecule has 3 N–H and O–H groups in total. The molecule has 0 spiro atoms. The van der Waals surface area contributed by atoms with E-state index in [4.69, 9.17) is 0 Å². The Hall–Kier alpha value is -4.98. The van der Waals surface area contributed by atoms with Gasteiger partial charge in [-0.3, -0.25) is 14.6 Å². The third-order valence-electron chi connectivity index (χ3n) is 6.71. The molecule has 1 unspecified atom stereocenters. The van der Waals surface area contributed by atoms with Crippen LogP contribution in [0.15, 0.2) is 97.2 Å². The summed E-state index contributed by atoms with van der Waals surface area (Å²) in [5, 5.41) is 8.55. The standard InChI is InChI=1S/C31H29N5O3/c1-21-10-14-23(15-11-21)33-28(37)19-31(35-30(39)34-24-16-12-22(2)13-17-24)26-8-3-4-9-27(26)36(29(31)38)20-25-7-5-6-18-32-25/h3-18H,19-20H2,1-2H3,(H,33,37)(H2,34,35,39). The van der Waals surface area contributed by atoms with Gasteiger partial charge in [0.2, 0.25) is 5.91 Å². The molecule has 0 saturated heterocycles. The van der Waals surface area contributed by atoms with Gasteiger partial charge in [0.25, 0.3) is 5.91 Å². The van der Waals surface area contributed by atoms with Crippen LogP contribution in [0, 0.1) is 13.8 Å². The minimum absolute atomic E-state index is 0.194. The number of aryl methyl sites for hydroxylation is 2. The maximum atomic E-state index is 14.2. The Bertz CT molecular complexity index is 1440. The molecule has 0 saturated carbocycles. The molecule has 0 fully saturated rings. The van der Waals surface area contributed by atoms with Gasteiger partial charge in [0.1, 0.15) is 0 Å². The number of nitrogens with zero attached hydrogens (tertiary/aromatic N) is 2. The van der Waals surface area contributed by atoms with Crippen molar-refractivity contribution in [3.05, 3.63) is 120 Å². The molecular formula is C31H29N5O3. The number of anilines is 3. The fourth-order valence-corrected chi connectivity index (χ4v) is 4.75. The highest BCUT2D eigenvalue weighted by Crippen LogP contribution is 2.43. The Morgan fingerprint density at radius 1 is 0.795 bits per heavy atom. The van der Waals surface area contributed by atoms with E-state index in [0.717, 1.165) is 11.1 Å². The number of para-hydroxylation sites is 1. The molecule has 4 amide bonds. The minimum Gasteiger partial charge on any atom is -0.326 e. The van der Waals surface area contributed by atoms with E-state index in [2.05, 4.69) is 20.9 Å². The molecule has 0 bridgehead atoms. The van der Waals surface area contributed by atoms with Gasteiger partial charge in [0, 0.05) is 23.1 Å². The van der Waals surface area contributed by atoms with E-state index in [1.54, 1.807) is 53.6 Å². The smallest absolute Gasteiger partial charge is 0.320 e. The van der Waals surface area contributed by atoms with Gasteiger partial charge in [-0.05, 0) is 56.3 Å². The molecule has 2 heterocycles. The first kappa shape index (κ1) is 25.7. The number of nitrogens with one attached hydrogen (secondary N) is 3. The summed E-state index contributed by atoms with van der Waals surface area (Å²) in [6.07, 6.45) is 1.37. The van der Waals surface area contributed by atoms with Crippen molar-refractivity contribution in [1.82, 2.24) is 10.3 Å². The molecule has 4 aromatic rings. The van der Waals surface area contributed by atoms with Gasteiger partial charge in [0.05, 0.1) is 24.3 Å². The average molecular weight is 520 g/mol. The molecule has 39 heavy (non-hydrogen) atoms. The second-order valence-electron chi connectivity index (χ2n) is 9.67. The second-order valence-corrected chi connectivity index (χ2v) is 9.67. The van der Waals surface area contributed by atoms with Crippen LogP contribution in [0.4, 0.5) is 21.9 Å². The summed E-state index contributed by atoms with van der Waals surface area (Å²) in [4.78, 5) is 46.9. The zero-order valence-corrected chi connectivity index (χ0v) is 21.8. The molecule has 8 nitrogen and oxygen atoms in total. The van der Waals surface area contributed by atoms with Crippen LogP contribution < -0.4 is 20.9 Å². The summed E-state index contributed by atoms with van der Waals surface area (Å²) >= 11 is 0. The first-order chi connectivity index (χ1) is 18.8. The van der Waals surface area contributed by atoms with Gasteiger partial charge >= 0.3 is 6.03 Å². The van der Waals surface area contributed by atoms with Crippen molar-refractivity contribution in [2.45, 2.75) is 32.4 Å². The lowest BCUT2D eigenvalue weighted by molar-refractivity contribution is -0.128. The van der Waals surface area contributed by atoms with Crippen LogP contribution in [0.3, 0.4) is 0 Å².